The standard InChI is InChI=1S/C15H26N2OS.ClH/c1-5-8-13-12(6-2)9-14(19-13)15(18)17-10-11(4)16-7-3;/h9,11,16H,5-8,10H2,1-4H3,(H,17,18);1H/t11-;/m1./s1. The first-order valence-electron chi connectivity index (χ1n) is 7.25. The molecule has 2 N–H and O–H groups in total. The van der Waals surface area contributed by atoms with E-state index in [2.05, 4.69) is 44.4 Å². The van der Waals surface area contributed by atoms with Crippen LogP contribution in [0, 0.1) is 0 Å². The molecule has 0 radical (unpaired) electrons. The highest BCUT2D eigenvalue weighted by molar-refractivity contribution is 7.14. The molecule has 0 spiro atoms. The first-order valence-corrected chi connectivity index (χ1v) is 8.07. The molecule has 1 aromatic heterocycles. The summed E-state index contributed by atoms with van der Waals surface area (Å²) < 4.78 is 0. The minimum absolute atomic E-state index is 0. The Morgan fingerprint density at radius 2 is 2.05 bits per heavy atom. The van der Waals surface area contributed by atoms with Crippen LogP contribution in [0.25, 0.3) is 0 Å². The van der Waals surface area contributed by atoms with Crippen LogP contribution in [-0.2, 0) is 12.8 Å². The smallest absolute Gasteiger partial charge is 0.261 e. The van der Waals surface area contributed by atoms with Gasteiger partial charge in [-0.25, -0.2) is 0 Å². The number of hydrogen-bond acceptors (Lipinski definition) is 3. The molecule has 0 aliphatic rings. The normalized spacial score (nSPS) is 11.8. The van der Waals surface area contributed by atoms with Crippen molar-refractivity contribution < 1.29 is 4.79 Å². The quantitative estimate of drug-likeness (QED) is 0.771. The molecule has 116 valence electrons. The third kappa shape index (κ3) is 5.81. The largest absolute Gasteiger partial charge is 0.350 e. The molecule has 0 saturated carbocycles. The van der Waals surface area contributed by atoms with Gasteiger partial charge in [0, 0.05) is 17.5 Å². The van der Waals surface area contributed by atoms with Crippen LogP contribution in [0.2, 0.25) is 0 Å². The lowest BCUT2D eigenvalue weighted by Crippen LogP contribution is -2.38. The minimum Gasteiger partial charge on any atom is -0.350 e. The third-order valence-corrected chi connectivity index (χ3v) is 4.34. The highest BCUT2D eigenvalue weighted by Gasteiger charge is 2.13. The number of carbonyl (C=O) groups is 1. The molecule has 0 bridgehead atoms. The lowest BCUT2D eigenvalue weighted by Gasteiger charge is -2.12. The summed E-state index contributed by atoms with van der Waals surface area (Å²) in [5.74, 6) is 0.0619. The Hall–Kier alpha value is -0.580. The summed E-state index contributed by atoms with van der Waals surface area (Å²) in [6.45, 7) is 10.1. The van der Waals surface area contributed by atoms with Crippen molar-refractivity contribution in [3.63, 3.8) is 0 Å². The number of hydrogen-bond donors (Lipinski definition) is 2. The van der Waals surface area contributed by atoms with Crippen LogP contribution in [0.5, 0.6) is 0 Å². The Morgan fingerprint density at radius 1 is 1.35 bits per heavy atom. The third-order valence-electron chi connectivity index (χ3n) is 3.10. The molecule has 5 heteroatoms. The summed E-state index contributed by atoms with van der Waals surface area (Å²) in [6, 6.07) is 2.37. The van der Waals surface area contributed by atoms with E-state index in [1.165, 1.54) is 10.4 Å². The number of thiophene rings is 1. The van der Waals surface area contributed by atoms with Crippen molar-refractivity contribution >= 4 is 29.7 Å². The first kappa shape index (κ1) is 19.4. The fourth-order valence-corrected chi connectivity index (χ4v) is 3.34. The number of amides is 1. The molecule has 1 heterocycles. The topological polar surface area (TPSA) is 41.1 Å². The average Bonchev–Trinajstić information content (AvgIpc) is 2.80. The lowest BCUT2D eigenvalue weighted by molar-refractivity contribution is 0.0954. The van der Waals surface area contributed by atoms with Gasteiger partial charge in [0.1, 0.15) is 0 Å². The zero-order valence-electron chi connectivity index (χ0n) is 12.9. The van der Waals surface area contributed by atoms with E-state index in [0.717, 1.165) is 30.7 Å². The number of halogens is 1. The second-order valence-corrected chi connectivity index (χ2v) is 5.97. The highest BCUT2D eigenvalue weighted by Crippen LogP contribution is 2.24. The van der Waals surface area contributed by atoms with Crippen molar-refractivity contribution in [3.05, 3.63) is 21.4 Å². The molecule has 0 aliphatic heterocycles. The van der Waals surface area contributed by atoms with Crippen LogP contribution >= 0.6 is 23.7 Å². The Bertz CT molecular complexity index is 407. The summed E-state index contributed by atoms with van der Waals surface area (Å²) in [6.07, 6.45) is 3.22. The van der Waals surface area contributed by atoms with Crippen molar-refractivity contribution in [2.24, 2.45) is 0 Å². The summed E-state index contributed by atoms with van der Waals surface area (Å²) in [5.41, 5.74) is 1.33. The molecule has 0 fully saturated rings. The number of aryl methyl sites for hydroxylation is 2. The molecule has 1 atom stereocenters. The van der Waals surface area contributed by atoms with Gasteiger partial charge in [0.05, 0.1) is 4.88 Å². The Balaban J connectivity index is 0.00000361. The Kier molecular flexibility index (Phi) is 9.90. The second-order valence-electron chi connectivity index (χ2n) is 4.83. The fourth-order valence-electron chi connectivity index (χ4n) is 2.07. The van der Waals surface area contributed by atoms with E-state index in [0.29, 0.717) is 12.6 Å². The molecular formula is C15H27ClN2OS. The zero-order valence-corrected chi connectivity index (χ0v) is 14.5. The maximum Gasteiger partial charge on any atom is 0.261 e. The number of rotatable bonds is 8. The van der Waals surface area contributed by atoms with Crippen LogP contribution in [0.1, 0.15) is 54.2 Å². The van der Waals surface area contributed by atoms with Gasteiger partial charge in [-0.1, -0.05) is 27.2 Å². The van der Waals surface area contributed by atoms with Gasteiger partial charge in [0.2, 0.25) is 0 Å². The molecule has 20 heavy (non-hydrogen) atoms. The van der Waals surface area contributed by atoms with Gasteiger partial charge in [-0.3, -0.25) is 4.79 Å². The van der Waals surface area contributed by atoms with Crippen LogP contribution in [0.15, 0.2) is 6.07 Å². The van der Waals surface area contributed by atoms with Gasteiger partial charge in [-0.15, -0.1) is 23.7 Å². The van der Waals surface area contributed by atoms with E-state index in [9.17, 15) is 4.79 Å². The van der Waals surface area contributed by atoms with Gasteiger partial charge < -0.3 is 10.6 Å². The van der Waals surface area contributed by atoms with E-state index in [4.69, 9.17) is 0 Å². The van der Waals surface area contributed by atoms with Crippen molar-refractivity contribution in [2.75, 3.05) is 13.1 Å². The second kappa shape index (κ2) is 10.2. The van der Waals surface area contributed by atoms with Crippen molar-refractivity contribution in [3.8, 4) is 0 Å². The molecule has 1 rings (SSSR count). The Morgan fingerprint density at radius 3 is 2.60 bits per heavy atom. The Labute approximate surface area is 133 Å². The van der Waals surface area contributed by atoms with E-state index in [1.54, 1.807) is 11.3 Å². The van der Waals surface area contributed by atoms with Gasteiger partial charge in [0.25, 0.3) is 5.91 Å². The number of likely N-dealkylation sites (N-methyl/N-ethyl adjacent to an activating group) is 1. The van der Waals surface area contributed by atoms with Gasteiger partial charge in [0.15, 0.2) is 0 Å². The van der Waals surface area contributed by atoms with Crippen molar-refractivity contribution in [1.29, 1.82) is 0 Å². The van der Waals surface area contributed by atoms with E-state index in [1.807, 2.05) is 0 Å². The average molecular weight is 319 g/mol. The van der Waals surface area contributed by atoms with E-state index >= 15 is 0 Å². The SMILES string of the molecule is CCCc1sc(C(=O)NC[C@@H](C)NCC)cc1CC.Cl. The predicted octanol–water partition coefficient (Wildman–Crippen LogP) is 3.41. The van der Waals surface area contributed by atoms with E-state index in [-0.39, 0.29) is 18.3 Å². The van der Waals surface area contributed by atoms with Crippen molar-refractivity contribution in [2.45, 2.75) is 53.0 Å². The number of carbonyl (C=O) groups excluding carboxylic acids is 1. The molecular weight excluding hydrogens is 292 g/mol. The van der Waals surface area contributed by atoms with Crippen LogP contribution in [0.4, 0.5) is 0 Å². The monoisotopic (exact) mass is 318 g/mol. The maximum absolute atomic E-state index is 12.1. The molecule has 0 saturated heterocycles. The fraction of sp³-hybridized carbons (Fsp3) is 0.667. The molecule has 1 aromatic rings. The minimum atomic E-state index is 0. The van der Waals surface area contributed by atoms with Crippen LogP contribution in [-0.4, -0.2) is 25.0 Å². The highest BCUT2D eigenvalue weighted by atomic mass is 35.5. The summed E-state index contributed by atoms with van der Waals surface area (Å²) in [7, 11) is 0. The van der Waals surface area contributed by atoms with Crippen LogP contribution < -0.4 is 10.6 Å². The van der Waals surface area contributed by atoms with Crippen LogP contribution in [0.3, 0.4) is 0 Å². The molecule has 0 aromatic carbocycles. The molecule has 0 unspecified atom stereocenters. The molecule has 1 amide bonds. The van der Waals surface area contributed by atoms with Gasteiger partial charge in [-0.2, -0.15) is 0 Å². The molecule has 0 aliphatic carbocycles. The summed E-state index contributed by atoms with van der Waals surface area (Å²) >= 11 is 1.65. The maximum atomic E-state index is 12.1. The van der Waals surface area contributed by atoms with Gasteiger partial charge in [-0.05, 0) is 37.9 Å². The zero-order chi connectivity index (χ0) is 14.3. The van der Waals surface area contributed by atoms with Crippen molar-refractivity contribution in [1.82, 2.24) is 10.6 Å². The first-order chi connectivity index (χ1) is 9.12. The summed E-state index contributed by atoms with van der Waals surface area (Å²) in [4.78, 5) is 14.3. The van der Waals surface area contributed by atoms with E-state index < -0.39 is 0 Å². The summed E-state index contributed by atoms with van der Waals surface area (Å²) in [5, 5.41) is 6.29. The molecule has 3 nitrogen and oxygen atoms in total. The predicted molar refractivity (Wildman–Crippen MR) is 90.4 cm³/mol. The lowest BCUT2D eigenvalue weighted by atomic mass is 10.1. The van der Waals surface area contributed by atoms with Gasteiger partial charge >= 0.3 is 0 Å². The number of nitrogens with one attached hydrogen (secondary N) is 2.